The van der Waals surface area contributed by atoms with Crippen molar-refractivity contribution in [2.75, 3.05) is 13.2 Å². The first-order chi connectivity index (χ1) is 9.58. The minimum Gasteiger partial charge on any atom is -0.492 e. The molecule has 0 aliphatic rings. The third-order valence-corrected chi connectivity index (χ3v) is 3.04. The van der Waals surface area contributed by atoms with Crippen molar-refractivity contribution in [3.8, 4) is 5.75 Å². The fraction of sp³-hybridized carbons (Fsp3) is 0.312. The van der Waals surface area contributed by atoms with Gasteiger partial charge in [0.25, 0.3) is 0 Å². The van der Waals surface area contributed by atoms with Gasteiger partial charge in [-0.3, -0.25) is 10.0 Å². The number of nitrogens with zero attached hydrogens (tertiary/aromatic N) is 1. The van der Waals surface area contributed by atoms with Gasteiger partial charge in [0.15, 0.2) is 0 Å². The Labute approximate surface area is 118 Å². The zero-order chi connectivity index (χ0) is 14.5. The molecule has 0 saturated carbocycles. The normalized spacial score (nSPS) is 10.8. The summed E-state index contributed by atoms with van der Waals surface area (Å²) in [5.74, 6) is 0.210. The molecule has 2 rings (SSSR count). The maximum atomic E-state index is 11.5. The first-order valence-corrected chi connectivity index (χ1v) is 6.70. The van der Waals surface area contributed by atoms with Crippen molar-refractivity contribution < 1.29 is 14.7 Å². The van der Waals surface area contributed by atoms with Crippen LogP contribution in [0.2, 0.25) is 0 Å². The molecule has 2 aromatic rings. The highest BCUT2D eigenvalue weighted by molar-refractivity contribution is 5.83. The first-order valence-electron chi connectivity index (χ1n) is 6.70. The van der Waals surface area contributed by atoms with E-state index in [-0.39, 0.29) is 25.0 Å². The average molecular weight is 273 g/mol. The summed E-state index contributed by atoms with van der Waals surface area (Å²) in [6, 6.07) is 13.8. The smallest absolute Gasteiger partial charge is 0.248 e. The second-order valence-electron chi connectivity index (χ2n) is 4.97. The molecule has 1 N–H and O–H groups in total. The van der Waals surface area contributed by atoms with E-state index in [0.29, 0.717) is 5.06 Å². The van der Waals surface area contributed by atoms with Crippen LogP contribution in [0.4, 0.5) is 0 Å². The van der Waals surface area contributed by atoms with Crippen LogP contribution >= 0.6 is 0 Å². The maximum Gasteiger partial charge on any atom is 0.248 e. The average Bonchev–Trinajstić information content (AvgIpc) is 2.46. The predicted molar refractivity (Wildman–Crippen MR) is 77.8 cm³/mol. The van der Waals surface area contributed by atoms with Crippen LogP contribution in [-0.2, 0) is 4.79 Å². The molecule has 0 aromatic heterocycles. The third kappa shape index (κ3) is 3.48. The van der Waals surface area contributed by atoms with Crippen LogP contribution in [0.3, 0.4) is 0 Å². The minimum absolute atomic E-state index is 0.157. The highest BCUT2D eigenvalue weighted by Crippen LogP contribution is 2.20. The van der Waals surface area contributed by atoms with Crippen molar-refractivity contribution in [3.05, 3.63) is 42.5 Å². The molecule has 0 bridgehead atoms. The number of ether oxygens (including phenoxy) is 1. The van der Waals surface area contributed by atoms with Gasteiger partial charge in [-0.2, -0.15) is 0 Å². The molecule has 20 heavy (non-hydrogen) atoms. The van der Waals surface area contributed by atoms with Gasteiger partial charge >= 0.3 is 0 Å². The van der Waals surface area contributed by atoms with Gasteiger partial charge in [-0.05, 0) is 22.9 Å². The van der Waals surface area contributed by atoms with Gasteiger partial charge in [0.1, 0.15) is 12.4 Å². The molecular weight excluding hydrogens is 254 g/mol. The Hall–Kier alpha value is -2.07. The van der Waals surface area contributed by atoms with Crippen molar-refractivity contribution >= 4 is 16.7 Å². The highest BCUT2D eigenvalue weighted by atomic mass is 16.5. The summed E-state index contributed by atoms with van der Waals surface area (Å²) in [4.78, 5) is 11.5. The maximum absolute atomic E-state index is 11.5. The van der Waals surface area contributed by atoms with Gasteiger partial charge in [-0.25, -0.2) is 5.06 Å². The summed E-state index contributed by atoms with van der Waals surface area (Å²) in [6.45, 7) is 3.91. The van der Waals surface area contributed by atoms with Crippen LogP contribution in [-0.4, -0.2) is 29.3 Å². The lowest BCUT2D eigenvalue weighted by atomic mass is 10.1. The van der Waals surface area contributed by atoms with Crippen LogP contribution < -0.4 is 4.74 Å². The SMILES string of the molecule is CC(C)C(=O)N(O)CCOc1ccc2ccccc2c1. The number of carbonyl (C=O) groups excluding carboxylic acids is 1. The number of rotatable bonds is 5. The van der Waals surface area contributed by atoms with Gasteiger partial charge in [0.2, 0.25) is 5.91 Å². The molecule has 0 aliphatic heterocycles. The molecule has 1 amide bonds. The summed E-state index contributed by atoms with van der Waals surface area (Å²) < 4.78 is 5.56. The van der Waals surface area contributed by atoms with Crippen molar-refractivity contribution in [3.63, 3.8) is 0 Å². The fourth-order valence-corrected chi connectivity index (χ4v) is 1.92. The van der Waals surface area contributed by atoms with Crippen LogP contribution in [0, 0.1) is 5.92 Å². The van der Waals surface area contributed by atoms with E-state index in [0.717, 1.165) is 16.5 Å². The molecule has 0 radical (unpaired) electrons. The topological polar surface area (TPSA) is 49.8 Å². The zero-order valence-electron chi connectivity index (χ0n) is 11.7. The Morgan fingerprint density at radius 1 is 1.20 bits per heavy atom. The number of hydrogen-bond donors (Lipinski definition) is 1. The first kappa shape index (κ1) is 14.3. The predicted octanol–water partition coefficient (Wildman–Crippen LogP) is 3.09. The van der Waals surface area contributed by atoms with E-state index in [9.17, 15) is 10.0 Å². The summed E-state index contributed by atoms with van der Waals surface area (Å²) >= 11 is 0. The van der Waals surface area contributed by atoms with Gasteiger partial charge < -0.3 is 4.74 Å². The summed E-state index contributed by atoms with van der Waals surface area (Å²) in [7, 11) is 0. The number of amides is 1. The van der Waals surface area contributed by atoms with E-state index in [1.165, 1.54) is 0 Å². The zero-order valence-corrected chi connectivity index (χ0v) is 11.7. The van der Waals surface area contributed by atoms with Gasteiger partial charge in [-0.1, -0.05) is 44.2 Å². The number of hydroxylamine groups is 2. The van der Waals surface area contributed by atoms with E-state index in [1.54, 1.807) is 13.8 Å². The number of fused-ring (bicyclic) bond motifs is 1. The van der Waals surface area contributed by atoms with Crippen molar-refractivity contribution in [1.29, 1.82) is 0 Å². The second-order valence-corrected chi connectivity index (χ2v) is 4.97. The number of benzene rings is 2. The Morgan fingerprint density at radius 2 is 1.90 bits per heavy atom. The van der Waals surface area contributed by atoms with Crippen molar-refractivity contribution in [2.24, 2.45) is 5.92 Å². The molecule has 4 heteroatoms. The highest BCUT2D eigenvalue weighted by Gasteiger charge is 2.14. The largest absolute Gasteiger partial charge is 0.492 e. The van der Waals surface area contributed by atoms with Gasteiger partial charge in [-0.15, -0.1) is 0 Å². The molecule has 0 fully saturated rings. The Morgan fingerprint density at radius 3 is 2.60 bits per heavy atom. The molecule has 0 atom stereocenters. The summed E-state index contributed by atoms with van der Waals surface area (Å²) in [5.41, 5.74) is 0. The van der Waals surface area contributed by atoms with Gasteiger partial charge in [0.05, 0.1) is 6.54 Å². The molecule has 4 nitrogen and oxygen atoms in total. The standard InChI is InChI=1S/C16H19NO3/c1-12(2)16(18)17(19)9-10-20-15-8-7-13-5-3-4-6-14(13)11-15/h3-8,11-12,19H,9-10H2,1-2H3. The lowest BCUT2D eigenvalue weighted by molar-refractivity contribution is -0.170. The lowest BCUT2D eigenvalue weighted by Gasteiger charge is -2.17. The molecule has 0 heterocycles. The fourth-order valence-electron chi connectivity index (χ4n) is 1.92. The van der Waals surface area contributed by atoms with E-state index in [2.05, 4.69) is 0 Å². The van der Waals surface area contributed by atoms with Crippen LogP contribution in [0.25, 0.3) is 10.8 Å². The second kappa shape index (κ2) is 6.39. The summed E-state index contributed by atoms with van der Waals surface area (Å²) in [6.07, 6.45) is 0. The third-order valence-electron chi connectivity index (χ3n) is 3.04. The molecular formula is C16H19NO3. The quantitative estimate of drug-likeness (QED) is 0.672. The van der Waals surface area contributed by atoms with Crippen molar-refractivity contribution in [2.45, 2.75) is 13.8 Å². The molecule has 0 spiro atoms. The van der Waals surface area contributed by atoms with E-state index >= 15 is 0 Å². The monoisotopic (exact) mass is 273 g/mol. The molecule has 0 aliphatic carbocycles. The molecule has 106 valence electrons. The van der Waals surface area contributed by atoms with Gasteiger partial charge in [0, 0.05) is 5.92 Å². The van der Waals surface area contributed by atoms with E-state index < -0.39 is 0 Å². The van der Waals surface area contributed by atoms with E-state index in [1.807, 2.05) is 42.5 Å². The molecule has 0 saturated heterocycles. The Balaban J connectivity index is 1.91. The van der Waals surface area contributed by atoms with Crippen LogP contribution in [0.5, 0.6) is 5.75 Å². The van der Waals surface area contributed by atoms with E-state index in [4.69, 9.17) is 4.74 Å². The molecule has 0 unspecified atom stereocenters. The minimum atomic E-state index is -0.299. The van der Waals surface area contributed by atoms with Crippen LogP contribution in [0.15, 0.2) is 42.5 Å². The number of hydrogen-bond acceptors (Lipinski definition) is 3. The summed E-state index contributed by atoms with van der Waals surface area (Å²) in [5, 5.41) is 12.5. The Bertz CT molecular complexity index is 595. The lowest BCUT2D eigenvalue weighted by Crippen LogP contribution is -2.34. The Kier molecular flexibility index (Phi) is 4.58. The number of carbonyl (C=O) groups is 1. The molecule has 2 aromatic carbocycles. The van der Waals surface area contributed by atoms with Crippen molar-refractivity contribution in [1.82, 2.24) is 5.06 Å². The van der Waals surface area contributed by atoms with Crippen LogP contribution in [0.1, 0.15) is 13.8 Å².